The molecule has 0 saturated heterocycles. The summed E-state index contributed by atoms with van der Waals surface area (Å²) in [4.78, 5) is 3.85. The molecule has 0 bridgehead atoms. The molecule has 1 aliphatic rings. The third kappa shape index (κ3) is 1.44. The standard InChI is InChI=1S/C6H9N2OS/c1-4-3-7-6(10-2)8-5(4)9/h3,9H,1-2H3,(H,7,8). The summed E-state index contributed by atoms with van der Waals surface area (Å²) in [7, 11) is 0. The number of thioether (sulfide) groups is 1. The van der Waals surface area contributed by atoms with E-state index in [0.29, 0.717) is 0 Å². The van der Waals surface area contributed by atoms with E-state index < -0.39 is 0 Å². The Balaban J connectivity index is 2.76. The highest BCUT2D eigenvalue weighted by Crippen LogP contribution is 2.12. The van der Waals surface area contributed by atoms with Crippen LogP contribution in [0.4, 0.5) is 0 Å². The lowest BCUT2D eigenvalue weighted by Gasteiger charge is -2.12. The molecule has 10 heavy (non-hydrogen) atoms. The van der Waals surface area contributed by atoms with E-state index in [-0.39, 0.29) is 5.88 Å². The molecule has 0 atom stereocenters. The first kappa shape index (κ1) is 7.47. The summed E-state index contributed by atoms with van der Waals surface area (Å²) in [6, 6.07) is 0. The van der Waals surface area contributed by atoms with Crippen molar-refractivity contribution in [3.8, 4) is 0 Å². The number of aliphatic imine (C=N–C) groups is 1. The first-order valence-corrected chi connectivity index (χ1v) is 4.09. The molecule has 0 aromatic rings. The largest absolute Gasteiger partial charge is 0.493 e. The lowest BCUT2D eigenvalue weighted by molar-refractivity contribution is 0.398. The first-order valence-electron chi connectivity index (χ1n) is 2.86. The lowest BCUT2D eigenvalue weighted by Crippen LogP contribution is -2.21. The van der Waals surface area contributed by atoms with Crippen LogP contribution in [0.2, 0.25) is 0 Å². The molecule has 1 heterocycles. The number of aliphatic hydroxyl groups is 1. The van der Waals surface area contributed by atoms with Crippen molar-refractivity contribution in [2.75, 3.05) is 6.26 Å². The highest BCUT2D eigenvalue weighted by atomic mass is 32.2. The van der Waals surface area contributed by atoms with Crippen molar-refractivity contribution in [3.05, 3.63) is 18.0 Å². The Labute approximate surface area is 64.2 Å². The van der Waals surface area contributed by atoms with Gasteiger partial charge >= 0.3 is 0 Å². The fourth-order valence-corrected chi connectivity index (χ4v) is 0.910. The molecule has 0 unspecified atom stereocenters. The summed E-state index contributed by atoms with van der Waals surface area (Å²) in [5.74, 6) is 0.100. The molecule has 0 fully saturated rings. The summed E-state index contributed by atoms with van der Waals surface area (Å²) in [6.07, 6.45) is 1.90. The minimum atomic E-state index is 0.100. The molecule has 4 heteroatoms. The Kier molecular flexibility index (Phi) is 2.21. The van der Waals surface area contributed by atoms with Crippen molar-refractivity contribution in [1.82, 2.24) is 5.32 Å². The second kappa shape index (κ2) is 2.96. The molecule has 0 aromatic heterocycles. The van der Waals surface area contributed by atoms with Crippen LogP contribution in [0.5, 0.6) is 0 Å². The fourth-order valence-electron chi connectivity index (χ4n) is 0.556. The summed E-state index contributed by atoms with van der Waals surface area (Å²) in [5, 5.41) is 12.7. The Morgan fingerprint density at radius 3 is 2.90 bits per heavy atom. The van der Waals surface area contributed by atoms with Crippen LogP contribution in [0.3, 0.4) is 0 Å². The average Bonchev–Trinajstić information content (AvgIpc) is 1.95. The molecule has 0 amide bonds. The third-order valence-corrected chi connectivity index (χ3v) is 1.76. The molecular weight excluding hydrogens is 148 g/mol. The van der Waals surface area contributed by atoms with Gasteiger partial charge in [0.05, 0.1) is 6.54 Å². The van der Waals surface area contributed by atoms with Gasteiger partial charge in [-0.15, -0.1) is 0 Å². The number of amidine groups is 1. The monoisotopic (exact) mass is 157 g/mol. The number of hydrogen-bond donors (Lipinski definition) is 2. The van der Waals surface area contributed by atoms with Crippen LogP contribution >= 0.6 is 11.8 Å². The highest BCUT2D eigenvalue weighted by Gasteiger charge is 2.08. The number of aliphatic hydroxyl groups excluding tert-OH is 1. The van der Waals surface area contributed by atoms with E-state index in [4.69, 9.17) is 5.11 Å². The summed E-state index contributed by atoms with van der Waals surface area (Å²) in [6.45, 7) is 3.52. The molecule has 3 nitrogen and oxygen atoms in total. The van der Waals surface area contributed by atoms with E-state index in [0.717, 1.165) is 10.7 Å². The summed E-state index contributed by atoms with van der Waals surface area (Å²) < 4.78 is 0. The number of hydrogen-bond acceptors (Lipinski definition) is 4. The van der Waals surface area contributed by atoms with Gasteiger partial charge in [-0.05, 0) is 13.2 Å². The number of nitrogens with zero attached hydrogens (tertiary/aromatic N) is 1. The minimum Gasteiger partial charge on any atom is -0.493 e. The maximum atomic E-state index is 9.09. The van der Waals surface area contributed by atoms with Gasteiger partial charge < -0.3 is 10.4 Å². The number of rotatable bonds is 0. The van der Waals surface area contributed by atoms with E-state index in [1.165, 1.54) is 11.8 Å². The van der Waals surface area contributed by atoms with Gasteiger partial charge in [-0.1, -0.05) is 11.8 Å². The lowest BCUT2D eigenvalue weighted by atomic mass is 10.3. The molecule has 0 aliphatic carbocycles. The van der Waals surface area contributed by atoms with E-state index in [1.54, 1.807) is 13.5 Å². The van der Waals surface area contributed by atoms with Crippen molar-refractivity contribution in [2.45, 2.75) is 6.92 Å². The van der Waals surface area contributed by atoms with Crippen LogP contribution in [0, 0.1) is 6.54 Å². The van der Waals surface area contributed by atoms with Crippen LogP contribution in [-0.2, 0) is 0 Å². The van der Waals surface area contributed by atoms with Gasteiger partial charge in [0, 0.05) is 5.57 Å². The van der Waals surface area contributed by atoms with E-state index in [9.17, 15) is 0 Å². The second-order valence-corrected chi connectivity index (χ2v) is 2.71. The molecular formula is C6H9N2OS. The predicted molar refractivity (Wildman–Crippen MR) is 43.7 cm³/mol. The molecule has 1 rings (SSSR count). The van der Waals surface area contributed by atoms with Gasteiger partial charge in [0.25, 0.3) is 0 Å². The quantitative estimate of drug-likeness (QED) is 0.556. The average molecular weight is 157 g/mol. The Morgan fingerprint density at radius 2 is 2.40 bits per heavy atom. The zero-order valence-corrected chi connectivity index (χ0v) is 6.70. The maximum absolute atomic E-state index is 9.09. The molecule has 0 saturated carbocycles. The van der Waals surface area contributed by atoms with Gasteiger partial charge in [-0.2, -0.15) is 4.99 Å². The van der Waals surface area contributed by atoms with Crippen LogP contribution in [0.25, 0.3) is 0 Å². The van der Waals surface area contributed by atoms with Gasteiger partial charge in [-0.3, -0.25) is 0 Å². The van der Waals surface area contributed by atoms with Gasteiger partial charge in [0.2, 0.25) is 5.88 Å². The Bertz CT molecular complexity index is 198. The van der Waals surface area contributed by atoms with Crippen molar-refractivity contribution in [2.24, 2.45) is 4.99 Å². The third-order valence-electron chi connectivity index (χ3n) is 1.17. The van der Waals surface area contributed by atoms with Gasteiger partial charge in [0.1, 0.15) is 0 Å². The van der Waals surface area contributed by atoms with E-state index in [2.05, 4.69) is 10.3 Å². The molecule has 0 spiro atoms. The molecule has 55 valence electrons. The molecule has 0 aromatic carbocycles. The Morgan fingerprint density at radius 1 is 1.70 bits per heavy atom. The summed E-state index contributed by atoms with van der Waals surface area (Å²) >= 11 is 1.46. The normalized spacial score (nSPS) is 18.4. The SMILES string of the molecule is CSC1=NC(O)=C(C)[CH]N1. The van der Waals surface area contributed by atoms with Gasteiger partial charge in [0.15, 0.2) is 5.17 Å². The van der Waals surface area contributed by atoms with Crippen molar-refractivity contribution in [1.29, 1.82) is 0 Å². The van der Waals surface area contributed by atoms with Crippen LogP contribution in [0.15, 0.2) is 16.4 Å². The Hall–Kier alpha value is -0.640. The summed E-state index contributed by atoms with van der Waals surface area (Å²) in [5.41, 5.74) is 0.762. The zero-order chi connectivity index (χ0) is 7.56. The van der Waals surface area contributed by atoms with Gasteiger partial charge in [-0.25, -0.2) is 0 Å². The molecule has 1 radical (unpaired) electrons. The maximum Gasteiger partial charge on any atom is 0.214 e. The topological polar surface area (TPSA) is 44.6 Å². The van der Waals surface area contributed by atoms with Crippen molar-refractivity contribution < 1.29 is 5.11 Å². The minimum absolute atomic E-state index is 0.100. The molecule has 2 N–H and O–H groups in total. The second-order valence-electron chi connectivity index (χ2n) is 1.92. The zero-order valence-electron chi connectivity index (χ0n) is 5.88. The first-order chi connectivity index (χ1) is 4.74. The van der Waals surface area contributed by atoms with Crippen LogP contribution in [0.1, 0.15) is 6.92 Å². The molecule has 1 aliphatic heterocycles. The predicted octanol–water partition coefficient (Wildman–Crippen LogP) is 1.26. The van der Waals surface area contributed by atoms with Crippen LogP contribution < -0.4 is 5.32 Å². The van der Waals surface area contributed by atoms with Crippen molar-refractivity contribution >= 4 is 16.9 Å². The van der Waals surface area contributed by atoms with E-state index in [1.807, 2.05) is 6.26 Å². The van der Waals surface area contributed by atoms with E-state index >= 15 is 0 Å². The smallest absolute Gasteiger partial charge is 0.214 e. The number of nitrogens with one attached hydrogen (secondary N) is 1. The van der Waals surface area contributed by atoms with Crippen molar-refractivity contribution in [3.63, 3.8) is 0 Å². The highest BCUT2D eigenvalue weighted by molar-refractivity contribution is 8.13. The fraction of sp³-hybridized carbons (Fsp3) is 0.333. The van der Waals surface area contributed by atoms with Crippen LogP contribution in [-0.4, -0.2) is 16.5 Å².